The lowest BCUT2D eigenvalue weighted by atomic mass is 10.1. The van der Waals surface area contributed by atoms with Gasteiger partial charge in [-0.2, -0.15) is 5.10 Å². The third-order valence-electron chi connectivity index (χ3n) is 2.68. The predicted octanol–water partition coefficient (Wildman–Crippen LogP) is 4.63. The molecule has 90 valence electrons. The molecule has 1 aromatic carbocycles. The Kier molecular flexibility index (Phi) is 3.59. The van der Waals surface area contributed by atoms with Gasteiger partial charge in [-0.05, 0) is 34.0 Å². The molecular weight excluding hydrogens is 300 g/mol. The second-order valence-electron chi connectivity index (χ2n) is 4.34. The normalized spacial score (nSPS) is 11.2. The Bertz CT molecular complexity index is 546. The van der Waals surface area contributed by atoms with Crippen molar-refractivity contribution in [2.45, 2.75) is 19.8 Å². The Labute approximate surface area is 115 Å². The standard InChI is InChI=1S/C13H14BrClN2/c1-8(2)13-11(14)12(16-17(13)3)9-5-4-6-10(15)7-9/h4-8H,1-3H3. The first-order valence-corrected chi connectivity index (χ1v) is 6.66. The Morgan fingerprint density at radius 1 is 1.35 bits per heavy atom. The molecule has 1 aromatic heterocycles. The van der Waals surface area contributed by atoms with Crippen LogP contribution < -0.4 is 0 Å². The van der Waals surface area contributed by atoms with Gasteiger partial charge in [0.25, 0.3) is 0 Å². The first-order chi connectivity index (χ1) is 8.00. The number of aromatic nitrogens is 2. The van der Waals surface area contributed by atoms with Crippen LogP contribution in [-0.2, 0) is 7.05 Å². The van der Waals surface area contributed by atoms with Crippen LogP contribution >= 0.6 is 27.5 Å². The highest BCUT2D eigenvalue weighted by Gasteiger charge is 2.17. The molecule has 2 nitrogen and oxygen atoms in total. The van der Waals surface area contributed by atoms with Crippen LogP contribution in [0.4, 0.5) is 0 Å². The first-order valence-electron chi connectivity index (χ1n) is 5.49. The minimum atomic E-state index is 0.426. The van der Waals surface area contributed by atoms with Gasteiger partial charge in [-0.3, -0.25) is 4.68 Å². The molecule has 17 heavy (non-hydrogen) atoms. The fraction of sp³-hybridized carbons (Fsp3) is 0.308. The number of benzene rings is 1. The third kappa shape index (κ3) is 2.40. The molecule has 0 saturated carbocycles. The lowest BCUT2D eigenvalue weighted by Gasteiger charge is -2.05. The van der Waals surface area contributed by atoms with E-state index in [0.717, 1.165) is 20.8 Å². The van der Waals surface area contributed by atoms with E-state index >= 15 is 0 Å². The van der Waals surface area contributed by atoms with Crippen LogP contribution in [0.1, 0.15) is 25.5 Å². The van der Waals surface area contributed by atoms with E-state index < -0.39 is 0 Å². The Balaban J connectivity index is 2.58. The SMILES string of the molecule is CC(C)c1c(Br)c(-c2cccc(Cl)c2)nn1C. The van der Waals surface area contributed by atoms with Crippen molar-refractivity contribution in [1.82, 2.24) is 9.78 Å². The minimum absolute atomic E-state index is 0.426. The molecule has 4 heteroatoms. The zero-order chi connectivity index (χ0) is 12.6. The molecular formula is C13H14BrClN2. The van der Waals surface area contributed by atoms with Crippen LogP contribution in [-0.4, -0.2) is 9.78 Å². The van der Waals surface area contributed by atoms with Gasteiger partial charge in [-0.15, -0.1) is 0 Å². The molecule has 0 spiro atoms. The number of hydrogen-bond donors (Lipinski definition) is 0. The third-order valence-corrected chi connectivity index (χ3v) is 3.69. The molecule has 0 radical (unpaired) electrons. The lowest BCUT2D eigenvalue weighted by Crippen LogP contribution is -1.99. The highest BCUT2D eigenvalue weighted by Crippen LogP contribution is 2.34. The minimum Gasteiger partial charge on any atom is -0.271 e. The summed E-state index contributed by atoms with van der Waals surface area (Å²) in [6.07, 6.45) is 0. The van der Waals surface area contributed by atoms with Crippen molar-refractivity contribution in [1.29, 1.82) is 0 Å². The average Bonchev–Trinajstić information content (AvgIpc) is 2.54. The van der Waals surface area contributed by atoms with E-state index in [1.54, 1.807) is 0 Å². The number of rotatable bonds is 2. The van der Waals surface area contributed by atoms with Crippen molar-refractivity contribution < 1.29 is 0 Å². The number of aryl methyl sites for hydroxylation is 1. The summed E-state index contributed by atoms with van der Waals surface area (Å²) in [4.78, 5) is 0. The monoisotopic (exact) mass is 312 g/mol. The van der Waals surface area contributed by atoms with Crippen LogP contribution in [0.25, 0.3) is 11.3 Å². The average molecular weight is 314 g/mol. The summed E-state index contributed by atoms with van der Waals surface area (Å²) in [6.45, 7) is 4.31. The van der Waals surface area contributed by atoms with Crippen molar-refractivity contribution in [3.63, 3.8) is 0 Å². The molecule has 0 unspecified atom stereocenters. The van der Waals surface area contributed by atoms with Gasteiger partial charge in [-0.1, -0.05) is 37.6 Å². The van der Waals surface area contributed by atoms with E-state index in [-0.39, 0.29) is 0 Å². The highest BCUT2D eigenvalue weighted by molar-refractivity contribution is 9.10. The van der Waals surface area contributed by atoms with E-state index in [1.807, 2.05) is 36.0 Å². The molecule has 2 rings (SSSR count). The summed E-state index contributed by atoms with van der Waals surface area (Å²) >= 11 is 9.64. The summed E-state index contributed by atoms with van der Waals surface area (Å²) in [5, 5.41) is 5.28. The van der Waals surface area contributed by atoms with Crippen LogP contribution in [0.5, 0.6) is 0 Å². The van der Waals surface area contributed by atoms with Crippen molar-refractivity contribution >= 4 is 27.5 Å². The predicted molar refractivity (Wildman–Crippen MR) is 75.4 cm³/mol. The summed E-state index contributed by atoms with van der Waals surface area (Å²) in [5.41, 5.74) is 3.17. The maximum absolute atomic E-state index is 6.01. The zero-order valence-corrected chi connectivity index (χ0v) is 12.4. The van der Waals surface area contributed by atoms with Crippen LogP contribution in [0.2, 0.25) is 5.02 Å². The van der Waals surface area contributed by atoms with E-state index in [2.05, 4.69) is 34.9 Å². The second-order valence-corrected chi connectivity index (χ2v) is 5.57. The maximum atomic E-state index is 6.01. The van der Waals surface area contributed by atoms with Crippen molar-refractivity contribution in [2.75, 3.05) is 0 Å². The molecule has 0 N–H and O–H groups in total. The largest absolute Gasteiger partial charge is 0.271 e. The van der Waals surface area contributed by atoms with Crippen molar-refractivity contribution in [2.24, 2.45) is 7.05 Å². The van der Waals surface area contributed by atoms with Gasteiger partial charge in [0.1, 0.15) is 5.69 Å². The van der Waals surface area contributed by atoms with Gasteiger partial charge in [0, 0.05) is 17.6 Å². The molecule has 0 saturated heterocycles. The van der Waals surface area contributed by atoms with Crippen molar-refractivity contribution in [3.05, 3.63) is 39.5 Å². The van der Waals surface area contributed by atoms with E-state index in [9.17, 15) is 0 Å². The second kappa shape index (κ2) is 4.83. The Morgan fingerprint density at radius 2 is 2.06 bits per heavy atom. The first kappa shape index (κ1) is 12.7. The Morgan fingerprint density at radius 3 is 2.59 bits per heavy atom. The number of halogens is 2. The van der Waals surface area contributed by atoms with E-state index in [0.29, 0.717) is 5.92 Å². The fourth-order valence-corrected chi connectivity index (χ4v) is 3.17. The topological polar surface area (TPSA) is 17.8 Å². The van der Waals surface area contributed by atoms with Crippen LogP contribution in [0.15, 0.2) is 28.7 Å². The van der Waals surface area contributed by atoms with Crippen molar-refractivity contribution in [3.8, 4) is 11.3 Å². The fourth-order valence-electron chi connectivity index (χ4n) is 1.96. The summed E-state index contributed by atoms with van der Waals surface area (Å²) in [7, 11) is 1.97. The van der Waals surface area contributed by atoms with Gasteiger partial charge < -0.3 is 0 Å². The molecule has 0 fully saturated rings. The van der Waals surface area contributed by atoms with Gasteiger partial charge in [0.2, 0.25) is 0 Å². The zero-order valence-electron chi connectivity index (χ0n) is 10.0. The summed E-state index contributed by atoms with van der Waals surface area (Å²) < 4.78 is 2.97. The number of hydrogen-bond acceptors (Lipinski definition) is 1. The van der Waals surface area contributed by atoms with E-state index in [1.165, 1.54) is 5.69 Å². The smallest absolute Gasteiger partial charge is 0.107 e. The summed E-state index contributed by atoms with van der Waals surface area (Å²) in [6, 6.07) is 7.75. The van der Waals surface area contributed by atoms with Gasteiger partial charge in [0.05, 0.1) is 10.2 Å². The molecule has 2 aromatic rings. The lowest BCUT2D eigenvalue weighted by molar-refractivity contribution is 0.668. The van der Waals surface area contributed by atoms with Crippen LogP contribution in [0, 0.1) is 0 Å². The molecule has 1 heterocycles. The van der Waals surface area contributed by atoms with Crippen LogP contribution in [0.3, 0.4) is 0 Å². The highest BCUT2D eigenvalue weighted by atomic mass is 79.9. The Hall–Kier alpha value is -0.800. The maximum Gasteiger partial charge on any atom is 0.107 e. The summed E-state index contributed by atoms with van der Waals surface area (Å²) in [5.74, 6) is 0.426. The molecule has 0 aliphatic rings. The molecule has 0 aliphatic carbocycles. The van der Waals surface area contributed by atoms with Gasteiger partial charge in [-0.25, -0.2) is 0 Å². The van der Waals surface area contributed by atoms with Gasteiger partial charge in [0.15, 0.2) is 0 Å². The molecule has 0 aliphatic heterocycles. The quantitative estimate of drug-likeness (QED) is 0.790. The molecule has 0 amide bonds. The van der Waals surface area contributed by atoms with Gasteiger partial charge >= 0.3 is 0 Å². The van der Waals surface area contributed by atoms with E-state index in [4.69, 9.17) is 11.6 Å². The number of nitrogens with zero attached hydrogens (tertiary/aromatic N) is 2. The molecule has 0 bridgehead atoms. The molecule has 0 atom stereocenters.